The number of anilines is 1. The predicted molar refractivity (Wildman–Crippen MR) is 91.7 cm³/mol. The summed E-state index contributed by atoms with van der Waals surface area (Å²) in [5.41, 5.74) is 0.0804. The zero-order chi connectivity index (χ0) is 17.5. The number of hydrazine groups is 1. The molecule has 1 heterocycles. The average Bonchev–Trinajstić information content (AvgIpc) is 2.57. The van der Waals surface area contributed by atoms with Crippen LogP contribution in [0.1, 0.15) is 13.8 Å². The summed E-state index contributed by atoms with van der Waals surface area (Å²) in [6.45, 7) is 8.68. The Labute approximate surface area is 140 Å². The molecule has 8 nitrogen and oxygen atoms in total. The van der Waals surface area contributed by atoms with Crippen molar-refractivity contribution in [3.8, 4) is 17.2 Å². The molecule has 1 aromatic carbocycles. The van der Waals surface area contributed by atoms with Gasteiger partial charge >= 0.3 is 5.69 Å². The van der Waals surface area contributed by atoms with E-state index in [9.17, 15) is 4.79 Å². The molecule has 0 saturated carbocycles. The van der Waals surface area contributed by atoms with E-state index >= 15 is 0 Å². The maximum Gasteiger partial charge on any atom is 0.356 e. The predicted octanol–water partition coefficient (Wildman–Crippen LogP) is 1.29. The van der Waals surface area contributed by atoms with Crippen LogP contribution in [-0.4, -0.2) is 34.3 Å². The third kappa shape index (κ3) is 3.90. The fraction of sp³-hybridized carbons (Fsp3) is 0.312. The second-order valence-corrected chi connectivity index (χ2v) is 4.75. The van der Waals surface area contributed by atoms with Crippen molar-refractivity contribution in [3.63, 3.8) is 0 Å². The lowest BCUT2D eigenvalue weighted by atomic mass is 10.2. The summed E-state index contributed by atoms with van der Waals surface area (Å²) in [4.78, 5) is 20.2. The van der Waals surface area contributed by atoms with Gasteiger partial charge in [-0.2, -0.15) is 4.98 Å². The lowest BCUT2D eigenvalue weighted by Gasteiger charge is -2.15. The molecule has 24 heavy (non-hydrogen) atoms. The Morgan fingerprint density at radius 2 is 2.00 bits per heavy atom. The van der Waals surface area contributed by atoms with Gasteiger partial charge < -0.3 is 9.47 Å². The molecule has 128 valence electrons. The first-order valence-electron chi connectivity index (χ1n) is 7.59. The van der Waals surface area contributed by atoms with Crippen LogP contribution in [0.15, 0.2) is 42.0 Å². The molecule has 0 aliphatic heterocycles. The lowest BCUT2D eigenvalue weighted by molar-refractivity contribution is 0.287. The molecule has 1 aromatic heterocycles. The topological polar surface area (TPSA) is 95.5 Å². The van der Waals surface area contributed by atoms with Crippen LogP contribution in [0.2, 0.25) is 0 Å². The maximum atomic E-state index is 12.3. The molecule has 0 aliphatic rings. The normalized spacial score (nSPS) is 10.3. The SMILES string of the molecule is C=CCN(N)c1ncn(-c2ccc(OCC)c(OCC)c2)c(=O)n1. The molecule has 0 fully saturated rings. The fourth-order valence-electron chi connectivity index (χ4n) is 2.05. The molecule has 0 amide bonds. The number of hydrogen-bond acceptors (Lipinski definition) is 7. The van der Waals surface area contributed by atoms with Gasteiger partial charge in [-0.3, -0.25) is 9.58 Å². The molecule has 8 heteroatoms. The summed E-state index contributed by atoms with van der Waals surface area (Å²) in [7, 11) is 0. The Kier molecular flexibility index (Phi) is 5.91. The van der Waals surface area contributed by atoms with Gasteiger partial charge in [-0.1, -0.05) is 6.08 Å². The van der Waals surface area contributed by atoms with Gasteiger partial charge in [0.1, 0.15) is 6.33 Å². The van der Waals surface area contributed by atoms with Crippen LogP contribution in [0.3, 0.4) is 0 Å². The number of rotatable bonds is 8. The van der Waals surface area contributed by atoms with E-state index in [4.69, 9.17) is 15.3 Å². The highest BCUT2D eigenvalue weighted by atomic mass is 16.5. The molecule has 0 radical (unpaired) electrons. The van der Waals surface area contributed by atoms with E-state index in [1.165, 1.54) is 15.9 Å². The van der Waals surface area contributed by atoms with Gasteiger partial charge in [0, 0.05) is 6.07 Å². The molecule has 0 atom stereocenters. The summed E-state index contributed by atoms with van der Waals surface area (Å²) in [6.07, 6.45) is 2.97. The fourth-order valence-corrected chi connectivity index (χ4v) is 2.05. The van der Waals surface area contributed by atoms with Gasteiger partial charge in [-0.15, -0.1) is 6.58 Å². The van der Waals surface area contributed by atoms with Crippen molar-refractivity contribution in [3.05, 3.63) is 47.7 Å². The Morgan fingerprint density at radius 3 is 2.62 bits per heavy atom. The molecule has 0 saturated heterocycles. The maximum absolute atomic E-state index is 12.3. The number of nitrogens with two attached hydrogens (primary N) is 1. The van der Waals surface area contributed by atoms with Crippen LogP contribution in [0.5, 0.6) is 11.5 Å². The summed E-state index contributed by atoms with van der Waals surface area (Å²) < 4.78 is 12.4. The van der Waals surface area contributed by atoms with Gasteiger partial charge in [-0.05, 0) is 26.0 Å². The average molecular weight is 331 g/mol. The third-order valence-corrected chi connectivity index (χ3v) is 3.08. The number of aromatic nitrogens is 3. The number of nitrogens with zero attached hydrogens (tertiary/aromatic N) is 4. The number of hydrogen-bond donors (Lipinski definition) is 1. The minimum atomic E-state index is -0.494. The Morgan fingerprint density at radius 1 is 1.29 bits per heavy atom. The van der Waals surface area contributed by atoms with Crippen molar-refractivity contribution in [2.45, 2.75) is 13.8 Å². The summed E-state index contributed by atoms with van der Waals surface area (Å²) in [5.74, 6) is 7.04. The summed E-state index contributed by atoms with van der Waals surface area (Å²) in [6, 6.07) is 5.20. The number of ether oxygens (including phenoxy) is 2. The summed E-state index contributed by atoms with van der Waals surface area (Å²) in [5, 5.41) is 1.24. The van der Waals surface area contributed by atoms with Crippen molar-refractivity contribution in [1.29, 1.82) is 0 Å². The third-order valence-electron chi connectivity index (χ3n) is 3.08. The van der Waals surface area contributed by atoms with Crippen molar-refractivity contribution in [2.24, 2.45) is 5.84 Å². The quantitative estimate of drug-likeness (QED) is 0.442. The van der Waals surface area contributed by atoms with Gasteiger partial charge in [-0.25, -0.2) is 15.6 Å². The molecule has 2 rings (SSSR count). The highest BCUT2D eigenvalue weighted by Crippen LogP contribution is 2.29. The van der Waals surface area contributed by atoms with Gasteiger partial charge in [0.2, 0.25) is 5.95 Å². The van der Waals surface area contributed by atoms with Gasteiger partial charge in [0.05, 0.1) is 25.4 Å². The molecular formula is C16H21N5O3. The first kappa shape index (κ1) is 17.5. The van der Waals surface area contributed by atoms with Gasteiger partial charge in [0.25, 0.3) is 0 Å². The largest absolute Gasteiger partial charge is 0.490 e. The van der Waals surface area contributed by atoms with E-state index in [0.29, 0.717) is 36.9 Å². The van der Waals surface area contributed by atoms with Crippen LogP contribution in [0.25, 0.3) is 5.69 Å². The van der Waals surface area contributed by atoms with E-state index in [2.05, 4.69) is 16.5 Å². The minimum absolute atomic E-state index is 0.132. The second kappa shape index (κ2) is 8.11. The van der Waals surface area contributed by atoms with Crippen LogP contribution in [0.4, 0.5) is 5.95 Å². The minimum Gasteiger partial charge on any atom is -0.490 e. The molecule has 0 spiro atoms. The second-order valence-electron chi connectivity index (χ2n) is 4.75. The van der Waals surface area contributed by atoms with Crippen LogP contribution >= 0.6 is 0 Å². The van der Waals surface area contributed by atoms with Gasteiger partial charge in [0.15, 0.2) is 11.5 Å². The Bertz CT molecular complexity index is 760. The molecular weight excluding hydrogens is 310 g/mol. The van der Waals surface area contributed by atoms with Crippen molar-refractivity contribution < 1.29 is 9.47 Å². The molecule has 0 aliphatic carbocycles. The van der Waals surface area contributed by atoms with E-state index in [0.717, 1.165) is 0 Å². The van der Waals surface area contributed by atoms with Crippen molar-refractivity contribution >= 4 is 5.95 Å². The van der Waals surface area contributed by atoms with E-state index in [1.54, 1.807) is 24.3 Å². The highest BCUT2D eigenvalue weighted by molar-refractivity contribution is 5.49. The zero-order valence-corrected chi connectivity index (χ0v) is 13.8. The molecule has 0 unspecified atom stereocenters. The zero-order valence-electron chi connectivity index (χ0n) is 13.8. The first-order valence-corrected chi connectivity index (χ1v) is 7.59. The smallest absolute Gasteiger partial charge is 0.356 e. The van der Waals surface area contributed by atoms with E-state index in [1.807, 2.05) is 13.8 Å². The molecule has 2 N–H and O–H groups in total. The number of benzene rings is 1. The monoisotopic (exact) mass is 331 g/mol. The van der Waals surface area contributed by atoms with Crippen molar-refractivity contribution in [2.75, 3.05) is 24.8 Å². The first-order chi connectivity index (χ1) is 11.6. The lowest BCUT2D eigenvalue weighted by Crippen LogP contribution is -2.35. The van der Waals surface area contributed by atoms with Crippen LogP contribution in [-0.2, 0) is 0 Å². The van der Waals surface area contributed by atoms with Crippen LogP contribution < -0.4 is 26.0 Å². The Hall–Kier alpha value is -2.87. The van der Waals surface area contributed by atoms with E-state index in [-0.39, 0.29) is 5.95 Å². The summed E-state index contributed by atoms with van der Waals surface area (Å²) >= 11 is 0. The molecule has 2 aromatic rings. The van der Waals surface area contributed by atoms with Crippen molar-refractivity contribution in [1.82, 2.24) is 14.5 Å². The highest BCUT2D eigenvalue weighted by Gasteiger charge is 2.11. The Balaban J connectivity index is 2.39. The molecule has 0 bridgehead atoms. The van der Waals surface area contributed by atoms with E-state index < -0.39 is 5.69 Å². The standard InChI is InChI=1S/C16H21N5O3/c1-4-9-21(17)15-18-11-20(16(22)19-15)12-7-8-13(23-5-2)14(10-12)24-6-3/h4,7-8,10-11H,1,5-6,9,17H2,2-3H3. The van der Waals surface area contributed by atoms with Crippen LogP contribution in [0, 0.1) is 0 Å².